The minimum absolute atomic E-state index is 0.0900. The normalized spacial score (nSPS) is 16.0. The van der Waals surface area contributed by atoms with Crippen LogP contribution in [-0.2, 0) is 10.0 Å². The summed E-state index contributed by atoms with van der Waals surface area (Å²) in [6.07, 6.45) is 6.85. The molecule has 0 aliphatic heterocycles. The van der Waals surface area contributed by atoms with Gasteiger partial charge in [-0.25, -0.2) is 8.42 Å². The summed E-state index contributed by atoms with van der Waals surface area (Å²) in [5.41, 5.74) is 0.493. The number of sulfonamides is 1. The molecule has 1 saturated carbocycles. The third-order valence-corrected chi connectivity index (χ3v) is 5.67. The Balaban J connectivity index is 2.33. The van der Waals surface area contributed by atoms with Crippen LogP contribution in [0.5, 0.6) is 0 Å². The van der Waals surface area contributed by atoms with Gasteiger partial charge in [-0.05, 0) is 18.9 Å². The van der Waals surface area contributed by atoms with Crippen molar-refractivity contribution in [3.63, 3.8) is 0 Å². The molecule has 1 fully saturated rings. The molecule has 1 aromatic rings. The molecule has 0 radical (unpaired) electrons. The van der Waals surface area contributed by atoms with Gasteiger partial charge in [-0.1, -0.05) is 31.6 Å². The molecule has 0 saturated heterocycles. The van der Waals surface area contributed by atoms with Crippen LogP contribution in [-0.4, -0.2) is 42.0 Å². The third kappa shape index (κ3) is 3.62. The SMILES string of the molecule is CCN(C1CCCC1)S(=O)(=O)c1cncc(C#CCO)c1. The highest BCUT2D eigenvalue weighted by Crippen LogP contribution is 2.28. The molecule has 1 aliphatic carbocycles. The molecule has 5 nitrogen and oxygen atoms in total. The van der Waals surface area contributed by atoms with Crippen LogP contribution in [0, 0.1) is 11.8 Å². The molecule has 0 bridgehead atoms. The molecule has 1 heterocycles. The van der Waals surface area contributed by atoms with E-state index in [-0.39, 0.29) is 17.5 Å². The van der Waals surface area contributed by atoms with Gasteiger partial charge in [-0.15, -0.1) is 0 Å². The Hall–Kier alpha value is -1.42. The Labute approximate surface area is 126 Å². The molecular formula is C15H20N2O3S. The van der Waals surface area contributed by atoms with Crippen LogP contribution in [0.25, 0.3) is 0 Å². The first-order chi connectivity index (χ1) is 10.1. The van der Waals surface area contributed by atoms with Gasteiger partial charge >= 0.3 is 0 Å². The highest BCUT2D eigenvalue weighted by atomic mass is 32.2. The van der Waals surface area contributed by atoms with Crippen LogP contribution < -0.4 is 0 Å². The van der Waals surface area contributed by atoms with E-state index in [9.17, 15) is 8.42 Å². The van der Waals surface area contributed by atoms with Gasteiger partial charge in [0, 0.05) is 30.5 Å². The maximum atomic E-state index is 12.8. The van der Waals surface area contributed by atoms with Gasteiger partial charge in [0.1, 0.15) is 11.5 Å². The second kappa shape index (κ2) is 7.03. The predicted molar refractivity (Wildman–Crippen MR) is 80.0 cm³/mol. The van der Waals surface area contributed by atoms with E-state index in [4.69, 9.17) is 5.11 Å². The van der Waals surface area contributed by atoms with Crippen LogP contribution in [0.3, 0.4) is 0 Å². The lowest BCUT2D eigenvalue weighted by Crippen LogP contribution is -2.38. The van der Waals surface area contributed by atoms with Crippen LogP contribution >= 0.6 is 0 Å². The van der Waals surface area contributed by atoms with Gasteiger partial charge in [0.25, 0.3) is 0 Å². The van der Waals surface area contributed by atoms with Crippen LogP contribution in [0.4, 0.5) is 0 Å². The summed E-state index contributed by atoms with van der Waals surface area (Å²) in [6.45, 7) is 2.05. The van der Waals surface area contributed by atoms with Crippen molar-refractivity contribution in [2.75, 3.05) is 13.2 Å². The second-order valence-corrected chi connectivity index (χ2v) is 6.91. The van der Waals surface area contributed by atoms with Crippen molar-refractivity contribution in [2.45, 2.75) is 43.5 Å². The Bertz CT molecular complexity index is 640. The number of aliphatic hydroxyl groups excluding tert-OH is 1. The molecule has 21 heavy (non-hydrogen) atoms. The third-order valence-electron chi connectivity index (χ3n) is 3.68. The lowest BCUT2D eigenvalue weighted by Gasteiger charge is -2.26. The molecule has 1 aliphatic rings. The highest BCUT2D eigenvalue weighted by Gasteiger charge is 2.32. The van der Waals surface area contributed by atoms with Gasteiger partial charge in [-0.2, -0.15) is 4.31 Å². The zero-order valence-electron chi connectivity index (χ0n) is 12.1. The predicted octanol–water partition coefficient (Wildman–Crippen LogP) is 1.38. The quantitative estimate of drug-likeness (QED) is 0.853. The number of hydrogen-bond acceptors (Lipinski definition) is 4. The van der Waals surface area contributed by atoms with Crippen LogP contribution in [0.15, 0.2) is 23.4 Å². The van der Waals surface area contributed by atoms with Crippen molar-refractivity contribution >= 4 is 10.0 Å². The van der Waals surface area contributed by atoms with E-state index in [1.165, 1.54) is 18.5 Å². The molecule has 2 rings (SSSR count). The fourth-order valence-electron chi connectivity index (χ4n) is 2.72. The Morgan fingerprint density at radius 1 is 1.38 bits per heavy atom. The molecule has 0 unspecified atom stereocenters. The molecular weight excluding hydrogens is 288 g/mol. The largest absolute Gasteiger partial charge is 0.384 e. The highest BCUT2D eigenvalue weighted by molar-refractivity contribution is 7.89. The van der Waals surface area contributed by atoms with E-state index >= 15 is 0 Å². The number of hydrogen-bond donors (Lipinski definition) is 1. The van der Waals surface area contributed by atoms with E-state index in [1.807, 2.05) is 6.92 Å². The summed E-state index contributed by atoms with van der Waals surface area (Å²) >= 11 is 0. The van der Waals surface area contributed by atoms with Gasteiger partial charge in [0.2, 0.25) is 10.0 Å². The summed E-state index contributed by atoms with van der Waals surface area (Å²) in [5.74, 6) is 5.19. The number of pyridine rings is 1. The number of aliphatic hydroxyl groups is 1. The molecule has 0 amide bonds. The first-order valence-electron chi connectivity index (χ1n) is 7.16. The topological polar surface area (TPSA) is 70.5 Å². The maximum absolute atomic E-state index is 12.8. The summed E-state index contributed by atoms with van der Waals surface area (Å²) < 4.78 is 27.1. The minimum Gasteiger partial charge on any atom is -0.384 e. The van der Waals surface area contributed by atoms with Crippen molar-refractivity contribution in [3.8, 4) is 11.8 Å². The average Bonchev–Trinajstić information content (AvgIpc) is 3.00. The van der Waals surface area contributed by atoms with Crippen LogP contribution in [0.1, 0.15) is 38.2 Å². The van der Waals surface area contributed by atoms with E-state index in [0.29, 0.717) is 12.1 Å². The van der Waals surface area contributed by atoms with Gasteiger partial charge in [0.15, 0.2) is 0 Å². The van der Waals surface area contributed by atoms with E-state index in [0.717, 1.165) is 25.7 Å². The number of nitrogens with zero attached hydrogens (tertiary/aromatic N) is 2. The van der Waals surface area contributed by atoms with Crippen molar-refractivity contribution in [1.29, 1.82) is 0 Å². The summed E-state index contributed by atoms with van der Waals surface area (Å²) in [4.78, 5) is 4.12. The maximum Gasteiger partial charge on any atom is 0.244 e. The Kier molecular flexibility index (Phi) is 5.34. The standard InChI is InChI=1S/C15H20N2O3S/c1-2-17(14-7-3-4-8-14)21(19,20)15-10-13(6-5-9-18)11-16-12-15/h10-12,14,18H,2-4,7-9H2,1H3. The lowest BCUT2D eigenvalue weighted by atomic mass is 10.2. The Morgan fingerprint density at radius 2 is 2.10 bits per heavy atom. The lowest BCUT2D eigenvalue weighted by molar-refractivity contribution is 0.335. The second-order valence-electron chi connectivity index (χ2n) is 5.02. The zero-order chi connectivity index (χ0) is 15.3. The van der Waals surface area contributed by atoms with Crippen molar-refractivity contribution in [1.82, 2.24) is 9.29 Å². The molecule has 1 N–H and O–H groups in total. The Morgan fingerprint density at radius 3 is 2.71 bits per heavy atom. The van der Waals surface area contributed by atoms with E-state index in [2.05, 4.69) is 16.8 Å². The van der Waals surface area contributed by atoms with E-state index in [1.54, 1.807) is 4.31 Å². The number of rotatable bonds is 4. The molecule has 0 aromatic carbocycles. The molecule has 1 aromatic heterocycles. The zero-order valence-corrected chi connectivity index (χ0v) is 12.9. The van der Waals surface area contributed by atoms with Crippen molar-refractivity contribution in [3.05, 3.63) is 24.0 Å². The van der Waals surface area contributed by atoms with Crippen molar-refractivity contribution < 1.29 is 13.5 Å². The molecule has 114 valence electrons. The molecule has 6 heteroatoms. The van der Waals surface area contributed by atoms with Gasteiger partial charge in [0.05, 0.1) is 0 Å². The number of aromatic nitrogens is 1. The summed E-state index contributed by atoms with van der Waals surface area (Å²) in [5, 5.41) is 8.71. The van der Waals surface area contributed by atoms with Crippen molar-refractivity contribution in [2.24, 2.45) is 0 Å². The fourth-order valence-corrected chi connectivity index (χ4v) is 4.41. The van der Waals surface area contributed by atoms with Gasteiger partial charge in [-0.3, -0.25) is 4.98 Å². The monoisotopic (exact) mass is 308 g/mol. The van der Waals surface area contributed by atoms with Crippen LogP contribution in [0.2, 0.25) is 0 Å². The fraction of sp³-hybridized carbons (Fsp3) is 0.533. The first-order valence-corrected chi connectivity index (χ1v) is 8.60. The van der Waals surface area contributed by atoms with Gasteiger partial charge < -0.3 is 5.11 Å². The minimum atomic E-state index is -3.54. The average molecular weight is 308 g/mol. The first kappa shape index (κ1) is 16.0. The summed E-state index contributed by atoms with van der Waals surface area (Å²) in [7, 11) is -3.54. The molecule has 0 spiro atoms. The smallest absolute Gasteiger partial charge is 0.244 e. The summed E-state index contributed by atoms with van der Waals surface area (Å²) in [6, 6.07) is 1.61. The molecule has 0 atom stereocenters. The van der Waals surface area contributed by atoms with E-state index < -0.39 is 10.0 Å².